The van der Waals surface area contributed by atoms with Crippen LogP contribution < -0.4 is 4.72 Å². The van der Waals surface area contributed by atoms with E-state index in [2.05, 4.69) is 15.9 Å². The van der Waals surface area contributed by atoms with Gasteiger partial charge in [-0.2, -0.15) is 19.3 Å². The third-order valence-corrected chi connectivity index (χ3v) is 5.33. The maximum Gasteiger partial charge on any atom is 0.329 e. The molecule has 0 spiro atoms. The zero-order valence-electron chi connectivity index (χ0n) is 10.5. The van der Waals surface area contributed by atoms with E-state index < -0.39 is 34.7 Å². The molecule has 0 amide bonds. The first-order valence-electron chi connectivity index (χ1n) is 5.31. The predicted octanol–water partition coefficient (Wildman–Crippen LogP) is 2.58. The number of hydrogen-bond donors (Lipinski definition) is 1. The second-order valence-corrected chi connectivity index (χ2v) is 6.80. The number of carbonyl (C=O) groups is 1. The van der Waals surface area contributed by atoms with Gasteiger partial charge >= 0.3 is 5.92 Å². The number of thiophene rings is 1. The van der Waals surface area contributed by atoms with Gasteiger partial charge < -0.3 is 0 Å². The van der Waals surface area contributed by atoms with Gasteiger partial charge in [0.25, 0.3) is 0 Å². The van der Waals surface area contributed by atoms with Gasteiger partial charge in [0, 0.05) is 14.7 Å². The minimum Gasteiger partial charge on any atom is -0.292 e. The number of halogens is 3. The van der Waals surface area contributed by atoms with Crippen LogP contribution in [0.1, 0.15) is 18.2 Å². The first-order valence-corrected chi connectivity index (χ1v) is 8.13. The zero-order valence-corrected chi connectivity index (χ0v) is 13.7. The van der Waals surface area contributed by atoms with Crippen LogP contribution in [-0.4, -0.2) is 15.9 Å². The molecule has 1 N–H and O–H groups in total. The number of nitrogens with one attached hydrogen (secondary N) is 1. The Kier molecular flexibility index (Phi) is 5.70. The molecule has 0 radical (unpaired) electrons. The van der Waals surface area contributed by atoms with Crippen LogP contribution in [0.25, 0.3) is 0 Å². The van der Waals surface area contributed by atoms with Crippen molar-refractivity contribution in [2.75, 3.05) is 0 Å². The molecule has 0 fully saturated rings. The smallest absolute Gasteiger partial charge is 0.292 e. The second kappa shape index (κ2) is 6.71. The van der Waals surface area contributed by atoms with Crippen molar-refractivity contribution in [3.05, 3.63) is 20.8 Å². The molecule has 0 bridgehead atoms. The van der Waals surface area contributed by atoms with Crippen molar-refractivity contribution < 1.29 is 17.8 Å². The third kappa shape index (κ3) is 3.52. The largest absolute Gasteiger partial charge is 0.329 e. The first kappa shape index (κ1) is 17.9. The summed E-state index contributed by atoms with van der Waals surface area (Å²) in [4.78, 5) is 11.6. The fourth-order valence-electron chi connectivity index (χ4n) is 1.51. The summed E-state index contributed by atoms with van der Waals surface area (Å²) in [7, 11) is -2.42. The Labute approximate surface area is 134 Å². The molecule has 2 atom stereocenters. The third-order valence-electron chi connectivity index (χ3n) is 2.66. The highest BCUT2D eigenvalue weighted by molar-refractivity contribution is 9.10. The van der Waals surface area contributed by atoms with Gasteiger partial charge in [-0.15, -0.1) is 11.3 Å². The lowest BCUT2D eigenvalue weighted by molar-refractivity contribution is -0.153. The topological polar surface area (TPSA) is 93.8 Å². The summed E-state index contributed by atoms with van der Waals surface area (Å²) in [6.45, 7) is 0.968. The summed E-state index contributed by atoms with van der Waals surface area (Å²) in [5.41, 5.74) is -2.36. The summed E-state index contributed by atoms with van der Waals surface area (Å²) < 4.78 is 42.7. The number of nitrogens with zero attached hydrogens (tertiary/aromatic N) is 2. The Balaban J connectivity index is 3.38. The lowest BCUT2D eigenvalue weighted by Crippen LogP contribution is -2.57. The van der Waals surface area contributed by atoms with E-state index in [1.54, 1.807) is 0 Å². The van der Waals surface area contributed by atoms with E-state index in [9.17, 15) is 17.8 Å². The molecule has 0 saturated carbocycles. The summed E-state index contributed by atoms with van der Waals surface area (Å²) in [5, 5.41) is 19.8. The number of alkyl halides is 2. The molecule has 1 aromatic heterocycles. The molecule has 0 aliphatic carbocycles. The van der Waals surface area contributed by atoms with Gasteiger partial charge in [0.05, 0.1) is 6.07 Å². The second-order valence-electron chi connectivity index (χ2n) is 4.05. The van der Waals surface area contributed by atoms with Crippen molar-refractivity contribution in [2.45, 2.75) is 24.8 Å². The van der Waals surface area contributed by atoms with Crippen molar-refractivity contribution >= 4 is 44.0 Å². The molecular weight excluding hydrogens is 388 g/mol. The molecule has 1 rings (SSSR count). The molecular formula is C11H8BrF2N3O2S2. The lowest BCUT2D eigenvalue weighted by Gasteiger charge is -2.34. The highest BCUT2D eigenvalue weighted by Gasteiger charge is 2.58. The fraction of sp³-hybridized carbons (Fsp3) is 0.364. The first-order chi connectivity index (χ1) is 9.68. The highest BCUT2D eigenvalue weighted by Crippen LogP contribution is 2.42. The van der Waals surface area contributed by atoms with Crippen molar-refractivity contribution in [1.29, 1.82) is 10.5 Å². The van der Waals surface area contributed by atoms with E-state index in [4.69, 9.17) is 10.5 Å². The number of nitriles is 2. The van der Waals surface area contributed by atoms with E-state index in [0.29, 0.717) is 4.47 Å². The number of hydrogen-bond acceptors (Lipinski definition) is 5. The maximum absolute atomic E-state index is 14.4. The van der Waals surface area contributed by atoms with Gasteiger partial charge in [-0.05, 0) is 28.9 Å². The average molecular weight is 396 g/mol. The van der Waals surface area contributed by atoms with E-state index in [-0.39, 0.29) is 4.88 Å². The van der Waals surface area contributed by atoms with E-state index in [1.807, 2.05) is 4.72 Å². The van der Waals surface area contributed by atoms with E-state index in [1.165, 1.54) is 22.9 Å². The van der Waals surface area contributed by atoms with Crippen molar-refractivity contribution in [1.82, 2.24) is 4.72 Å². The summed E-state index contributed by atoms with van der Waals surface area (Å²) in [5.74, 6) is -5.63. The molecule has 0 saturated heterocycles. The predicted molar refractivity (Wildman–Crippen MR) is 76.4 cm³/mol. The fourth-order valence-corrected chi connectivity index (χ4v) is 3.81. The van der Waals surface area contributed by atoms with Crippen LogP contribution in [-0.2, 0) is 21.3 Å². The number of Topliss-reactive ketones (excluding diaryl/α,β-unsaturated/α-hetero) is 1. The van der Waals surface area contributed by atoms with Crippen LogP contribution in [0, 0.1) is 22.0 Å². The van der Waals surface area contributed by atoms with Gasteiger partial charge in [0.1, 0.15) is 12.0 Å². The number of ketones is 1. The molecule has 112 valence electrons. The Hall–Kier alpha value is -1.20. The van der Waals surface area contributed by atoms with E-state index in [0.717, 1.165) is 18.3 Å². The van der Waals surface area contributed by atoms with Crippen molar-refractivity contribution in [2.24, 2.45) is 0 Å². The van der Waals surface area contributed by atoms with Crippen molar-refractivity contribution in [3.63, 3.8) is 0 Å². The van der Waals surface area contributed by atoms with Crippen LogP contribution in [0.2, 0.25) is 0 Å². The van der Waals surface area contributed by atoms with Gasteiger partial charge in [-0.1, -0.05) is 0 Å². The lowest BCUT2D eigenvalue weighted by atomic mass is 9.89. The number of carbonyl (C=O) groups excluding carboxylic acids is 1. The molecule has 5 nitrogen and oxygen atoms in total. The molecule has 0 aromatic carbocycles. The maximum atomic E-state index is 14.4. The quantitative estimate of drug-likeness (QED) is 0.748. The molecule has 10 heteroatoms. The molecule has 1 aromatic rings. The van der Waals surface area contributed by atoms with Crippen molar-refractivity contribution in [3.8, 4) is 11.5 Å². The van der Waals surface area contributed by atoms with Gasteiger partial charge in [-0.3, -0.25) is 4.79 Å². The normalized spacial score (nSPS) is 15.5. The Morgan fingerprint density at radius 2 is 2.19 bits per heavy atom. The van der Waals surface area contributed by atoms with Gasteiger partial charge in [0.15, 0.2) is 16.4 Å². The Morgan fingerprint density at radius 1 is 1.57 bits per heavy atom. The van der Waals surface area contributed by atoms with Crippen LogP contribution in [0.5, 0.6) is 0 Å². The Morgan fingerprint density at radius 3 is 2.62 bits per heavy atom. The monoisotopic (exact) mass is 395 g/mol. The number of rotatable bonds is 6. The SMILES string of the molecule is C[C@](NS(=O)C#N)(c1cc(Br)cs1)C(F)(F)C(=O)CC#N. The minimum absolute atomic E-state index is 0.00858. The number of thiocyanates is 1. The zero-order chi connectivity index (χ0) is 16.3. The highest BCUT2D eigenvalue weighted by atomic mass is 79.9. The summed E-state index contributed by atoms with van der Waals surface area (Å²) >= 11 is 4.01. The standard InChI is InChI=1S/C11H8BrF2N3O2S2/c1-10(17-21(19)6-16,9-4-7(12)5-20-9)11(13,14)8(18)2-3-15/h4-5,17H,2H2,1H3/t10-,21?/m0/s1. The summed E-state index contributed by atoms with van der Waals surface area (Å²) in [6, 6.07) is 2.70. The molecule has 0 aliphatic rings. The van der Waals surface area contributed by atoms with Crippen LogP contribution in [0.15, 0.2) is 15.9 Å². The molecule has 0 aliphatic heterocycles. The van der Waals surface area contributed by atoms with Gasteiger partial charge in [0.2, 0.25) is 5.78 Å². The van der Waals surface area contributed by atoms with Gasteiger partial charge in [-0.25, -0.2) is 8.93 Å². The Bertz CT molecular complexity index is 665. The van der Waals surface area contributed by atoms with Crippen LogP contribution >= 0.6 is 27.3 Å². The molecule has 21 heavy (non-hydrogen) atoms. The van der Waals surface area contributed by atoms with E-state index >= 15 is 0 Å². The molecule has 1 unspecified atom stereocenters. The van der Waals surface area contributed by atoms with Crippen LogP contribution in [0.4, 0.5) is 8.78 Å². The average Bonchev–Trinajstić information content (AvgIpc) is 2.85. The summed E-state index contributed by atoms with van der Waals surface area (Å²) in [6.07, 6.45) is -0.990. The molecule has 1 heterocycles. The minimum atomic E-state index is -4.01. The van der Waals surface area contributed by atoms with Crippen LogP contribution in [0.3, 0.4) is 0 Å².